The number of amides is 2. The zero-order valence-corrected chi connectivity index (χ0v) is 18.4. The van der Waals surface area contributed by atoms with Crippen LogP contribution in [0.2, 0.25) is 5.02 Å². The average Bonchev–Trinajstić information content (AvgIpc) is 3.04. The molecule has 1 fully saturated rings. The van der Waals surface area contributed by atoms with Crippen molar-refractivity contribution in [2.75, 3.05) is 37.8 Å². The first-order valence-electron chi connectivity index (χ1n) is 10.4. The zero-order valence-electron chi connectivity index (χ0n) is 17.6. The third kappa shape index (κ3) is 4.45. The highest BCUT2D eigenvalue weighted by molar-refractivity contribution is 6.45. The monoisotopic (exact) mass is 440 g/mol. The summed E-state index contributed by atoms with van der Waals surface area (Å²) in [5.41, 5.74) is 1.99. The van der Waals surface area contributed by atoms with Gasteiger partial charge >= 0.3 is 0 Å². The van der Waals surface area contributed by atoms with Gasteiger partial charge in [0.05, 0.1) is 31.1 Å². The Morgan fingerprint density at radius 3 is 2.23 bits per heavy atom. The van der Waals surface area contributed by atoms with Crippen molar-refractivity contribution >= 4 is 34.7 Å². The van der Waals surface area contributed by atoms with Gasteiger partial charge in [-0.15, -0.1) is 0 Å². The van der Waals surface area contributed by atoms with E-state index < -0.39 is 0 Å². The minimum absolute atomic E-state index is 0.326. The van der Waals surface area contributed by atoms with Crippen LogP contribution in [0, 0.1) is 5.92 Å². The van der Waals surface area contributed by atoms with Crippen molar-refractivity contribution < 1.29 is 19.1 Å². The quantitative estimate of drug-likeness (QED) is 0.635. The second-order valence-corrected chi connectivity index (χ2v) is 8.41. The first kappa shape index (κ1) is 21.4. The molecule has 0 aliphatic carbocycles. The maximum atomic E-state index is 13.5. The van der Waals surface area contributed by atoms with E-state index in [2.05, 4.69) is 13.8 Å². The van der Waals surface area contributed by atoms with Crippen molar-refractivity contribution in [1.29, 1.82) is 0 Å². The molecule has 1 saturated heterocycles. The third-order valence-corrected chi connectivity index (χ3v) is 5.45. The first-order chi connectivity index (χ1) is 15.0. The highest BCUT2D eigenvalue weighted by Gasteiger charge is 2.42. The smallest absolute Gasteiger partial charge is 0.282 e. The molecule has 0 aromatic heterocycles. The summed E-state index contributed by atoms with van der Waals surface area (Å²) in [6.45, 7) is 6.90. The standard InChI is InChI=1S/C24H25ClN2O4/c1-16(2)15-31-20-9-7-19(8-10-20)27-23(28)21(17-3-5-18(25)6-4-17)22(24(27)29)26-11-13-30-14-12-26/h3-10,16H,11-15H2,1-2H3. The summed E-state index contributed by atoms with van der Waals surface area (Å²) in [4.78, 5) is 30.1. The lowest BCUT2D eigenvalue weighted by molar-refractivity contribution is -0.121. The van der Waals surface area contributed by atoms with Crippen LogP contribution in [0.1, 0.15) is 19.4 Å². The van der Waals surface area contributed by atoms with E-state index in [-0.39, 0.29) is 11.8 Å². The van der Waals surface area contributed by atoms with Gasteiger partial charge in [-0.25, -0.2) is 4.90 Å². The van der Waals surface area contributed by atoms with E-state index in [1.165, 1.54) is 4.90 Å². The maximum Gasteiger partial charge on any atom is 0.282 e. The normalized spacial score (nSPS) is 17.2. The molecule has 31 heavy (non-hydrogen) atoms. The molecule has 0 unspecified atom stereocenters. The van der Waals surface area contributed by atoms with Crippen LogP contribution in [-0.4, -0.2) is 49.6 Å². The van der Waals surface area contributed by atoms with Gasteiger partial charge in [0.15, 0.2) is 0 Å². The molecular formula is C24H25ClN2O4. The van der Waals surface area contributed by atoms with Gasteiger partial charge in [0.25, 0.3) is 11.8 Å². The van der Waals surface area contributed by atoms with E-state index in [4.69, 9.17) is 21.1 Å². The Bertz CT molecular complexity index is 993. The number of ether oxygens (including phenoxy) is 2. The molecule has 6 nitrogen and oxygen atoms in total. The lowest BCUT2D eigenvalue weighted by Gasteiger charge is -2.29. The van der Waals surface area contributed by atoms with Gasteiger partial charge in [-0.3, -0.25) is 9.59 Å². The predicted octanol–water partition coefficient (Wildman–Crippen LogP) is 3.99. The van der Waals surface area contributed by atoms with Gasteiger partial charge < -0.3 is 14.4 Å². The zero-order chi connectivity index (χ0) is 22.0. The van der Waals surface area contributed by atoms with E-state index in [0.717, 1.165) is 0 Å². The van der Waals surface area contributed by atoms with Gasteiger partial charge in [0, 0.05) is 18.1 Å². The van der Waals surface area contributed by atoms with Crippen LogP contribution in [0.3, 0.4) is 0 Å². The molecular weight excluding hydrogens is 416 g/mol. The molecule has 2 aromatic rings. The van der Waals surface area contributed by atoms with Crippen molar-refractivity contribution in [3.63, 3.8) is 0 Å². The number of carbonyl (C=O) groups is 2. The molecule has 2 aliphatic rings. The van der Waals surface area contributed by atoms with Crippen LogP contribution in [0.25, 0.3) is 5.57 Å². The van der Waals surface area contributed by atoms with E-state index in [9.17, 15) is 9.59 Å². The van der Waals surface area contributed by atoms with Gasteiger partial charge in [0.1, 0.15) is 11.4 Å². The predicted molar refractivity (Wildman–Crippen MR) is 120 cm³/mol. The Morgan fingerprint density at radius 1 is 0.968 bits per heavy atom. The van der Waals surface area contributed by atoms with Gasteiger partial charge in [-0.2, -0.15) is 0 Å². The van der Waals surface area contributed by atoms with E-state index in [0.29, 0.717) is 72.1 Å². The molecule has 7 heteroatoms. The number of carbonyl (C=O) groups excluding carboxylic acids is 2. The fourth-order valence-corrected chi connectivity index (χ4v) is 3.79. The summed E-state index contributed by atoms with van der Waals surface area (Å²) in [6.07, 6.45) is 0. The molecule has 0 atom stereocenters. The highest BCUT2D eigenvalue weighted by atomic mass is 35.5. The highest BCUT2D eigenvalue weighted by Crippen LogP contribution is 2.36. The SMILES string of the molecule is CC(C)COc1ccc(N2C(=O)C(c3ccc(Cl)cc3)=C(N3CCOCC3)C2=O)cc1. The van der Waals surface area contributed by atoms with Crippen LogP contribution in [0.5, 0.6) is 5.75 Å². The lowest BCUT2D eigenvalue weighted by Crippen LogP contribution is -2.40. The lowest BCUT2D eigenvalue weighted by atomic mass is 10.0. The Morgan fingerprint density at radius 2 is 1.61 bits per heavy atom. The number of morpholine rings is 1. The van der Waals surface area contributed by atoms with Crippen LogP contribution in [0.15, 0.2) is 54.2 Å². The number of nitrogens with zero attached hydrogens (tertiary/aromatic N) is 2. The molecule has 0 spiro atoms. The van der Waals surface area contributed by atoms with Crippen molar-refractivity contribution in [2.45, 2.75) is 13.8 Å². The number of rotatable bonds is 6. The Kier molecular flexibility index (Phi) is 6.30. The molecule has 2 aromatic carbocycles. The summed E-state index contributed by atoms with van der Waals surface area (Å²) in [6, 6.07) is 14.1. The summed E-state index contributed by atoms with van der Waals surface area (Å²) in [7, 11) is 0. The molecule has 2 amide bonds. The molecule has 2 heterocycles. The minimum atomic E-state index is -0.343. The fraction of sp³-hybridized carbons (Fsp3) is 0.333. The molecule has 4 rings (SSSR count). The molecule has 162 valence electrons. The summed E-state index contributed by atoms with van der Waals surface area (Å²) >= 11 is 6.04. The average molecular weight is 441 g/mol. The van der Waals surface area contributed by atoms with Gasteiger partial charge in [-0.1, -0.05) is 37.6 Å². The molecule has 2 aliphatic heterocycles. The Hall–Kier alpha value is -2.83. The number of hydrogen-bond acceptors (Lipinski definition) is 5. The second-order valence-electron chi connectivity index (χ2n) is 7.97. The van der Waals surface area contributed by atoms with Gasteiger partial charge in [-0.05, 0) is 47.9 Å². The van der Waals surface area contributed by atoms with Crippen LogP contribution < -0.4 is 9.64 Å². The van der Waals surface area contributed by atoms with Crippen molar-refractivity contribution in [1.82, 2.24) is 4.90 Å². The molecule has 0 radical (unpaired) electrons. The van der Waals surface area contributed by atoms with Crippen LogP contribution >= 0.6 is 11.6 Å². The van der Waals surface area contributed by atoms with E-state index in [1.54, 1.807) is 48.5 Å². The topological polar surface area (TPSA) is 59.1 Å². The largest absolute Gasteiger partial charge is 0.493 e. The number of anilines is 1. The van der Waals surface area contributed by atoms with Crippen molar-refractivity contribution in [3.8, 4) is 5.75 Å². The molecule has 0 N–H and O–H groups in total. The summed E-state index contributed by atoms with van der Waals surface area (Å²) < 4.78 is 11.2. The van der Waals surface area contributed by atoms with Crippen molar-refractivity contribution in [2.24, 2.45) is 5.92 Å². The molecule has 0 saturated carbocycles. The Labute approximate surface area is 187 Å². The first-order valence-corrected chi connectivity index (χ1v) is 10.8. The van der Waals surface area contributed by atoms with E-state index >= 15 is 0 Å². The fourth-order valence-electron chi connectivity index (χ4n) is 3.66. The number of imide groups is 1. The van der Waals surface area contributed by atoms with Crippen molar-refractivity contribution in [3.05, 3.63) is 64.8 Å². The van der Waals surface area contributed by atoms with E-state index in [1.807, 2.05) is 4.90 Å². The Balaban J connectivity index is 1.68. The van der Waals surface area contributed by atoms with Gasteiger partial charge in [0.2, 0.25) is 0 Å². The summed E-state index contributed by atoms with van der Waals surface area (Å²) in [5, 5.41) is 0.572. The number of halogens is 1. The third-order valence-electron chi connectivity index (χ3n) is 5.20. The number of benzene rings is 2. The second kappa shape index (κ2) is 9.12. The molecule has 0 bridgehead atoms. The number of hydrogen-bond donors (Lipinski definition) is 0. The van der Waals surface area contributed by atoms with Crippen LogP contribution in [0.4, 0.5) is 5.69 Å². The summed E-state index contributed by atoms with van der Waals surface area (Å²) in [5.74, 6) is 0.442. The minimum Gasteiger partial charge on any atom is -0.493 e. The maximum absolute atomic E-state index is 13.5. The van der Waals surface area contributed by atoms with Crippen LogP contribution in [-0.2, 0) is 14.3 Å².